The average Bonchev–Trinajstić information content (AvgIpc) is 2.26. The van der Waals surface area contributed by atoms with E-state index < -0.39 is 5.82 Å². The summed E-state index contributed by atoms with van der Waals surface area (Å²) in [5.74, 6) is -0.648. The number of halogens is 2. The fourth-order valence-corrected chi connectivity index (χ4v) is 2.00. The summed E-state index contributed by atoms with van der Waals surface area (Å²) in [5.41, 5.74) is 6.90. The third-order valence-corrected chi connectivity index (χ3v) is 3.39. The molecule has 5 heteroatoms. The quantitative estimate of drug-likeness (QED) is 0.886. The predicted octanol–water partition coefficient (Wildman–Crippen LogP) is 2.17. The smallest absolute Gasteiger partial charge is 0.251 e. The predicted molar refractivity (Wildman–Crippen MR) is 71.5 cm³/mol. The lowest BCUT2D eigenvalue weighted by Gasteiger charge is -2.38. The minimum Gasteiger partial charge on any atom is -0.350 e. The summed E-state index contributed by atoms with van der Waals surface area (Å²) < 4.78 is 13.1. The van der Waals surface area contributed by atoms with Gasteiger partial charge < -0.3 is 11.1 Å². The zero-order valence-corrected chi connectivity index (χ0v) is 11.1. The highest BCUT2D eigenvalue weighted by Gasteiger charge is 2.32. The molecule has 2 rings (SSSR count). The molecule has 1 aromatic rings. The molecule has 3 nitrogen and oxygen atoms in total. The third-order valence-electron chi connectivity index (χ3n) is 3.39. The van der Waals surface area contributed by atoms with E-state index in [2.05, 4.69) is 5.32 Å². The molecule has 1 aliphatic carbocycles. The number of carbonyl (C=O) groups is 1. The molecular weight excluding hydrogens is 255 g/mol. The SMILES string of the molecule is Cc1ccc(F)cc1C(=O)NCC1(N)CCC1.Cl. The first-order valence-corrected chi connectivity index (χ1v) is 5.83. The Morgan fingerprint density at radius 2 is 2.17 bits per heavy atom. The Morgan fingerprint density at radius 1 is 1.50 bits per heavy atom. The Hall–Kier alpha value is -1.13. The van der Waals surface area contributed by atoms with Gasteiger partial charge >= 0.3 is 0 Å². The maximum Gasteiger partial charge on any atom is 0.251 e. The van der Waals surface area contributed by atoms with E-state index in [0.717, 1.165) is 24.8 Å². The van der Waals surface area contributed by atoms with E-state index in [1.54, 1.807) is 13.0 Å². The van der Waals surface area contributed by atoms with Crippen LogP contribution in [0.5, 0.6) is 0 Å². The van der Waals surface area contributed by atoms with Gasteiger partial charge in [-0.05, 0) is 43.9 Å². The molecule has 18 heavy (non-hydrogen) atoms. The van der Waals surface area contributed by atoms with Gasteiger partial charge in [-0.1, -0.05) is 6.07 Å². The topological polar surface area (TPSA) is 55.1 Å². The molecule has 0 bridgehead atoms. The van der Waals surface area contributed by atoms with Crippen LogP contribution in [-0.4, -0.2) is 18.0 Å². The second-order valence-electron chi connectivity index (χ2n) is 4.86. The minimum absolute atomic E-state index is 0. The van der Waals surface area contributed by atoms with Crippen molar-refractivity contribution in [3.63, 3.8) is 0 Å². The fraction of sp³-hybridized carbons (Fsp3) is 0.462. The molecule has 0 radical (unpaired) electrons. The van der Waals surface area contributed by atoms with Crippen molar-refractivity contribution in [3.8, 4) is 0 Å². The van der Waals surface area contributed by atoms with Crippen LogP contribution in [0, 0.1) is 12.7 Å². The minimum atomic E-state index is -0.396. The van der Waals surface area contributed by atoms with Crippen molar-refractivity contribution in [2.24, 2.45) is 5.73 Å². The van der Waals surface area contributed by atoms with Gasteiger partial charge in [-0.15, -0.1) is 12.4 Å². The van der Waals surface area contributed by atoms with Gasteiger partial charge in [0.2, 0.25) is 0 Å². The van der Waals surface area contributed by atoms with Crippen molar-refractivity contribution in [2.75, 3.05) is 6.54 Å². The van der Waals surface area contributed by atoms with E-state index in [9.17, 15) is 9.18 Å². The Bertz CT molecular complexity index is 447. The van der Waals surface area contributed by atoms with Gasteiger partial charge in [0.25, 0.3) is 5.91 Å². The number of nitrogens with two attached hydrogens (primary N) is 1. The van der Waals surface area contributed by atoms with Crippen molar-refractivity contribution in [1.29, 1.82) is 0 Å². The number of hydrogen-bond acceptors (Lipinski definition) is 2. The molecule has 0 atom stereocenters. The van der Waals surface area contributed by atoms with Crippen LogP contribution in [0.3, 0.4) is 0 Å². The average molecular weight is 273 g/mol. The molecule has 1 aromatic carbocycles. The van der Waals surface area contributed by atoms with E-state index in [1.807, 2.05) is 0 Å². The molecule has 1 aliphatic rings. The molecule has 3 N–H and O–H groups in total. The fourth-order valence-electron chi connectivity index (χ4n) is 2.00. The number of rotatable bonds is 3. The highest BCUT2D eigenvalue weighted by molar-refractivity contribution is 5.95. The van der Waals surface area contributed by atoms with Crippen LogP contribution in [0.25, 0.3) is 0 Å². The summed E-state index contributed by atoms with van der Waals surface area (Å²) in [6.07, 6.45) is 3.00. The lowest BCUT2D eigenvalue weighted by molar-refractivity contribution is 0.0928. The number of aryl methyl sites for hydroxylation is 1. The molecule has 0 aromatic heterocycles. The largest absolute Gasteiger partial charge is 0.350 e. The van der Waals surface area contributed by atoms with E-state index in [1.165, 1.54) is 12.1 Å². The number of nitrogens with one attached hydrogen (secondary N) is 1. The summed E-state index contributed by atoms with van der Waals surface area (Å²) in [5, 5.41) is 2.78. The second-order valence-corrected chi connectivity index (χ2v) is 4.86. The molecule has 0 unspecified atom stereocenters. The van der Waals surface area contributed by atoms with E-state index in [-0.39, 0.29) is 23.9 Å². The van der Waals surface area contributed by atoms with Crippen LogP contribution in [0.4, 0.5) is 4.39 Å². The van der Waals surface area contributed by atoms with Crippen molar-refractivity contribution in [1.82, 2.24) is 5.32 Å². The molecule has 0 spiro atoms. The Labute approximate surface area is 112 Å². The maximum absolute atomic E-state index is 13.1. The normalized spacial score (nSPS) is 16.4. The lowest BCUT2D eigenvalue weighted by Crippen LogP contribution is -2.55. The molecule has 100 valence electrons. The molecule has 1 fully saturated rings. The molecular formula is C13H18ClFN2O. The van der Waals surface area contributed by atoms with Crippen LogP contribution in [-0.2, 0) is 0 Å². The monoisotopic (exact) mass is 272 g/mol. The number of carbonyl (C=O) groups excluding carboxylic acids is 1. The summed E-state index contributed by atoms with van der Waals surface area (Å²) >= 11 is 0. The summed E-state index contributed by atoms with van der Waals surface area (Å²) in [6, 6.07) is 4.21. The van der Waals surface area contributed by atoms with Gasteiger partial charge in [0.05, 0.1) is 0 Å². The third kappa shape index (κ3) is 3.21. The van der Waals surface area contributed by atoms with Crippen LogP contribution >= 0.6 is 12.4 Å². The molecule has 0 saturated heterocycles. The van der Waals surface area contributed by atoms with Crippen LogP contribution in [0.15, 0.2) is 18.2 Å². The van der Waals surface area contributed by atoms with Crippen LogP contribution < -0.4 is 11.1 Å². The number of amides is 1. The first kappa shape index (κ1) is 14.9. The first-order valence-electron chi connectivity index (χ1n) is 5.83. The highest BCUT2D eigenvalue weighted by atomic mass is 35.5. The van der Waals surface area contributed by atoms with Gasteiger partial charge in [0, 0.05) is 17.6 Å². The summed E-state index contributed by atoms with van der Waals surface area (Å²) in [4.78, 5) is 11.9. The summed E-state index contributed by atoms with van der Waals surface area (Å²) in [7, 11) is 0. The lowest BCUT2D eigenvalue weighted by atomic mass is 9.78. The molecule has 0 aliphatic heterocycles. The standard InChI is InChI=1S/C13H17FN2O.ClH/c1-9-3-4-10(14)7-11(9)12(17)16-8-13(15)5-2-6-13;/h3-4,7H,2,5-6,8,15H2,1H3,(H,16,17);1H. The Balaban J connectivity index is 0.00000162. The molecule has 1 saturated carbocycles. The van der Waals surface area contributed by atoms with Crippen molar-refractivity contribution in [3.05, 3.63) is 35.1 Å². The van der Waals surface area contributed by atoms with E-state index in [0.29, 0.717) is 12.1 Å². The molecule has 0 heterocycles. The number of benzene rings is 1. The van der Waals surface area contributed by atoms with Crippen molar-refractivity contribution in [2.45, 2.75) is 31.7 Å². The van der Waals surface area contributed by atoms with Crippen LogP contribution in [0.1, 0.15) is 35.2 Å². The van der Waals surface area contributed by atoms with Gasteiger partial charge in [0.15, 0.2) is 0 Å². The maximum atomic E-state index is 13.1. The van der Waals surface area contributed by atoms with Crippen molar-refractivity contribution < 1.29 is 9.18 Å². The second kappa shape index (κ2) is 5.67. The highest BCUT2D eigenvalue weighted by Crippen LogP contribution is 2.28. The van der Waals surface area contributed by atoms with Gasteiger partial charge in [-0.25, -0.2) is 4.39 Å². The van der Waals surface area contributed by atoms with Gasteiger partial charge in [-0.2, -0.15) is 0 Å². The van der Waals surface area contributed by atoms with Gasteiger partial charge in [0.1, 0.15) is 5.82 Å². The van der Waals surface area contributed by atoms with E-state index in [4.69, 9.17) is 5.73 Å². The zero-order valence-electron chi connectivity index (χ0n) is 10.3. The Morgan fingerprint density at radius 3 is 2.72 bits per heavy atom. The summed E-state index contributed by atoms with van der Waals surface area (Å²) in [6.45, 7) is 2.25. The zero-order chi connectivity index (χ0) is 12.5. The van der Waals surface area contributed by atoms with Crippen molar-refractivity contribution >= 4 is 18.3 Å². The Kier molecular flexibility index (Phi) is 4.71. The molecule has 1 amide bonds. The van der Waals surface area contributed by atoms with E-state index >= 15 is 0 Å². The number of hydrogen-bond donors (Lipinski definition) is 2. The first-order chi connectivity index (χ1) is 8.00. The van der Waals surface area contributed by atoms with Gasteiger partial charge in [-0.3, -0.25) is 4.79 Å². The van der Waals surface area contributed by atoms with Crippen LogP contribution in [0.2, 0.25) is 0 Å².